The normalized spacial score (nSPS) is 14.2. The van der Waals surface area contributed by atoms with Gasteiger partial charge in [0.15, 0.2) is 0 Å². The topological polar surface area (TPSA) is 12.5 Å². The molecule has 0 spiro atoms. The smallest absolute Gasteiger partial charge is 0.0559 e. The van der Waals surface area contributed by atoms with Crippen molar-refractivity contribution in [1.29, 1.82) is 0 Å². The highest BCUT2D eigenvalue weighted by molar-refractivity contribution is 4.59. The van der Waals surface area contributed by atoms with Crippen LogP contribution in [0.15, 0.2) is 0 Å². The number of hydrogen-bond donors (Lipinski definition) is 0. The van der Waals surface area contributed by atoms with Gasteiger partial charge < -0.3 is 9.64 Å². The minimum Gasteiger partial charge on any atom is -0.379 e. The number of hydrogen-bond acceptors (Lipinski definition) is 2. The first-order chi connectivity index (χ1) is 5.57. The summed E-state index contributed by atoms with van der Waals surface area (Å²) in [5.41, 5.74) is 0. The zero-order chi connectivity index (χ0) is 9.56. The van der Waals surface area contributed by atoms with Crippen molar-refractivity contribution < 1.29 is 4.74 Å². The van der Waals surface area contributed by atoms with Gasteiger partial charge in [-0.1, -0.05) is 0 Å². The molecular formula is C10H23NO. The van der Waals surface area contributed by atoms with E-state index in [-0.39, 0.29) is 0 Å². The van der Waals surface area contributed by atoms with Crippen molar-refractivity contribution in [2.24, 2.45) is 0 Å². The highest BCUT2D eigenvalue weighted by Gasteiger charge is 2.05. The van der Waals surface area contributed by atoms with Gasteiger partial charge in [-0.05, 0) is 41.2 Å². The number of nitrogens with zero attached hydrogens (tertiary/aromatic N) is 1. The van der Waals surface area contributed by atoms with Crippen LogP contribution in [0.4, 0.5) is 0 Å². The number of ether oxygens (including phenoxy) is 1. The summed E-state index contributed by atoms with van der Waals surface area (Å²) < 4.78 is 5.45. The predicted molar refractivity (Wildman–Crippen MR) is 53.5 cm³/mol. The van der Waals surface area contributed by atoms with Gasteiger partial charge in [0.25, 0.3) is 0 Å². The van der Waals surface area contributed by atoms with Crippen molar-refractivity contribution in [3.05, 3.63) is 0 Å². The highest BCUT2D eigenvalue weighted by Crippen LogP contribution is 2.01. The van der Waals surface area contributed by atoms with Crippen LogP contribution in [0.25, 0.3) is 0 Å². The summed E-state index contributed by atoms with van der Waals surface area (Å²) in [6, 6.07) is 0.638. The molecule has 2 nitrogen and oxygen atoms in total. The molecule has 0 bridgehead atoms. The molecule has 0 saturated heterocycles. The Labute approximate surface area is 76.9 Å². The Balaban J connectivity index is 3.40. The summed E-state index contributed by atoms with van der Waals surface area (Å²) in [4.78, 5) is 2.34. The van der Waals surface area contributed by atoms with Crippen LogP contribution < -0.4 is 0 Å². The van der Waals surface area contributed by atoms with Gasteiger partial charge >= 0.3 is 0 Å². The fourth-order valence-electron chi connectivity index (χ4n) is 1.01. The van der Waals surface area contributed by atoms with Crippen LogP contribution in [0.2, 0.25) is 0 Å². The Morgan fingerprint density at radius 3 is 2.25 bits per heavy atom. The summed E-state index contributed by atoms with van der Waals surface area (Å²) in [6.45, 7) is 10.6. The maximum absolute atomic E-state index is 5.45. The Hall–Kier alpha value is -0.0800. The van der Waals surface area contributed by atoms with Gasteiger partial charge in [-0.15, -0.1) is 0 Å². The average molecular weight is 173 g/mol. The molecule has 12 heavy (non-hydrogen) atoms. The van der Waals surface area contributed by atoms with Crippen molar-refractivity contribution in [2.45, 2.75) is 46.3 Å². The Morgan fingerprint density at radius 2 is 1.83 bits per heavy atom. The van der Waals surface area contributed by atoms with Crippen molar-refractivity contribution in [3.8, 4) is 0 Å². The molecule has 1 unspecified atom stereocenters. The summed E-state index contributed by atoms with van der Waals surface area (Å²) in [5, 5.41) is 0. The van der Waals surface area contributed by atoms with E-state index in [1.807, 2.05) is 6.92 Å². The first kappa shape index (κ1) is 11.9. The molecule has 0 saturated carbocycles. The lowest BCUT2D eigenvalue weighted by atomic mass is 10.2. The lowest BCUT2D eigenvalue weighted by Crippen LogP contribution is -2.29. The average Bonchev–Trinajstić information content (AvgIpc) is 2.00. The quantitative estimate of drug-likeness (QED) is 0.610. The largest absolute Gasteiger partial charge is 0.379 e. The standard InChI is InChI=1S/C10H23NO/c1-6-12-10(4)7-8-11(5)9(2)3/h9-10H,6-8H2,1-5H3. The van der Waals surface area contributed by atoms with Crippen LogP contribution in [0, 0.1) is 0 Å². The molecule has 0 radical (unpaired) electrons. The van der Waals surface area contributed by atoms with Gasteiger partial charge in [-0.2, -0.15) is 0 Å². The first-order valence-electron chi connectivity index (χ1n) is 4.89. The third-order valence-electron chi connectivity index (χ3n) is 2.22. The van der Waals surface area contributed by atoms with E-state index in [0.717, 1.165) is 19.6 Å². The van der Waals surface area contributed by atoms with Crippen LogP contribution in [0.1, 0.15) is 34.1 Å². The van der Waals surface area contributed by atoms with E-state index < -0.39 is 0 Å². The van der Waals surface area contributed by atoms with Crippen molar-refractivity contribution in [2.75, 3.05) is 20.2 Å². The molecule has 0 aliphatic heterocycles. The molecule has 0 amide bonds. The van der Waals surface area contributed by atoms with Gasteiger partial charge in [0.1, 0.15) is 0 Å². The van der Waals surface area contributed by atoms with Gasteiger partial charge in [0.05, 0.1) is 6.10 Å². The maximum Gasteiger partial charge on any atom is 0.0559 e. The first-order valence-corrected chi connectivity index (χ1v) is 4.89. The molecule has 0 N–H and O–H groups in total. The summed E-state index contributed by atoms with van der Waals surface area (Å²) in [5.74, 6) is 0. The minimum absolute atomic E-state index is 0.399. The Bertz CT molecular complexity index is 104. The zero-order valence-corrected chi connectivity index (χ0v) is 9.13. The fraction of sp³-hybridized carbons (Fsp3) is 1.00. The van der Waals surface area contributed by atoms with E-state index >= 15 is 0 Å². The second-order valence-corrected chi connectivity index (χ2v) is 3.63. The van der Waals surface area contributed by atoms with Crippen LogP contribution in [0.3, 0.4) is 0 Å². The van der Waals surface area contributed by atoms with E-state index in [4.69, 9.17) is 4.74 Å². The predicted octanol–water partition coefficient (Wildman–Crippen LogP) is 2.14. The van der Waals surface area contributed by atoms with E-state index in [2.05, 4.69) is 32.7 Å². The minimum atomic E-state index is 0.399. The third-order valence-corrected chi connectivity index (χ3v) is 2.22. The molecule has 0 aliphatic carbocycles. The third kappa shape index (κ3) is 5.56. The fourth-order valence-corrected chi connectivity index (χ4v) is 1.01. The van der Waals surface area contributed by atoms with E-state index in [1.54, 1.807) is 0 Å². The zero-order valence-electron chi connectivity index (χ0n) is 9.13. The molecule has 1 atom stereocenters. The molecule has 0 fully saturated rings. The summed E-state index contributed by atoms with van der Waals surface area (Å²) >= 11 is 0. The van der Waals surface area contributed by atoms with Crippen molar-refractivity contribution in [3.63, 3.8) is 0 Å². The van der Waals surface area contributed by atoms with Gasteiger partial charge in [0, 0.05) is 19.2 Å². The molecule has 0 aromatic rings. The molecule has 0 aliphatic rings. The highest BCUT2D eigenvalue weighted by atomic mass is 16.5. The van der Waals surface area contributed by atoms with Crippen LogP contribution in [-0.2, 0) is 4.74 Å². The number of rotatable bonds is 6. The van der Waals surface area contributed by atoms with Crippen LogP contribution >= 0.6 is 0 Å². The molecular weight excluding hydrogens is 150 g/mol. The maximum atomic E-state index is 5.45. The molecule has 0 rings (SSSR count). The summed E-state index contributed by atoms with van der Waals surface area (Å²) in [7, 11) is 2.16. The second kappa shape index (κ2) is 6.44. The van der Waals surface area contributed by atoms with Gasteiger partial charge in [-0.3, -0.25) is 0 Å². The van der Waals surface area contributed by atoms with Crippen molar-refractivity contribution >= 4 is 0 Å². The lowest BCUT2D eigenvalue weighted by Gasteiger charge is -2.22. The molecule has 0 aromatic heterocycles. The Kier molecular flexibility index (Phi) is 6.39. The van der Waals surface area contributed by atoms with Gasteiger partial charge in [-0.25, -0.2) is 0 Å². The lowest BCUT2D eigenvalue weighted by molar-refractivity contribution is 0.0611. The molecule has 0 heterocycles. The van der Waals surface area contributed by atoms with E-state index in [1.165, 1.54) is 0 Å². The molecule has 0 aromatic carbocycles. The summed E-state index contributed by atoms with van der Waals surface area (Å²) in [6.07, 6.45) is 1.53. The van der Waals surface area contributed by atoms with E-state index in [9.17, 15) is 0 Å². The van der Waals surface area contributed by atoms with Crippen LogP contribution in [0.5, 0.6) is 0 Å². The van der Waals surface area contributed by atoms with Crippen molar-refractivity contribution in [1.82, 2.24) is 4.90 Å². The SMILES string of the molecule is CCOC(C)CCN(C)C(C)C. The van der Waals surface area contributed by atoms with Crippen LogP contribution in [-0.4, -0.2) is 37.2 Å². The second-order valence-electron chi connectivity index (χ2n) is 3.63. The Morgan fingerprint density at radius 1 is 1.25 bits per heavy atom. The monoisotopic (exact) mass is 173 g/mol. The molecule has 74 valence electrons. The van der Waals surface area contributed by atoms with Gasteiger partial charge in [0.2, 0.25) is 0 Å². The molecule has 2 heteroatoms. The van der Waals surface area contributed by atoms with E-state index in [0.29, 0.717) is 12.1 Å².